The number of hydrazine groups is 2. The molecule has 0 saturated carbocycles. The molecule has 0 atom stereocenters. The van der Waals surface area contributed by atoms with Crippen LogP contribution in [-0.4, -0.2) is 41.7 Å². The zero-order valence-corrected chi connectivity index (χ0v) is 32.7. The molecular weight excluding hydrogens is 750 g/mol. The SMILES string of the molecule is NNC(=O)CC[P+](c1ccccc1)(c1ccccc1)c1ccccc1.NNC(=O)CC[P+](c1ccccc1)(c1ccccc1)c1ccccc1.O=S(=O)([O-])[O-]. The van der Waals surface area contributed by atoms with Crippen LogP contribution in [0.25, 0.3) is 0 Å². The Hall–Kier alpha value is -5.09. The maximum absolute atomic E-state index is 11.9. The summed E-state index contributed by atoms with van der Waals surface area (Å²) in [4.78, 5) is 23.9. The maximum atomic E-state index is 11.9. The molecule has 6 aromatic carbocycles. The Morgan fingerprint density at radius 3 is 0.727 bits per heavy atom. The molecule has 0 aliphatic heterocycles. The van der Waals surface area contributed by atoms with E-state index in [0.29, 0.717) is 12.8 Å². The Morgan fingerprint density at radius 1 is 0.418 bits per heavy atom. The summed E-state index contributed by atoms with van der Waals surface area (Å²) < 4.78 is 34.1. The minimum atomic E-state index is -5.17. The Kier molecular flexibility index (Phi) is 16.4. The molecule has 6 rings (SSSR count). The molecule has 10 nitrogen and oxygen atoms in total. The van der Waals surface area contributed by atoms with Crippen molar-refractivity contribution in [1.29, 1.82) is 0 Å². The van der Waals surface area contributed by atoms with Gasteiger partial charge < -0.3 is 9.11 Å². The molecule has 284 valence electrons. The fourth-order valence-electron chi connectivity index (χ4n) is 6.45. The fraction of sp³-hybridized carbons (Fsp3) is 0.0952. The van der Waals surface area contributed by atoms with Crippen molar-refractivity contribution < 1.29 is 27.1 Å². The zero-order chi connectivity index (χ0) is 39.6. The van der Waals surface area contributed by atoms with E-state index in [4.69, 9.17) is 29.2 Å². The van der Waals surface area contributed by atoms with Crippen molar-refractivity contribution in [3.05, 3.63) is 182 Å². The summed E-state index contributed by atoms with van der Waals surface area (Å²) in [5.74, 6) is 10.4. The topological polar surface area (TPSA) is 190 Å². The smallest absolute Gasteiger partial charge is 0.237 e. The number of rotatable bonds is 12. The van der Waals surface area contributed by atoms with E-state index in [-0.39, 0.29) is 11.8 Å². The monoisotopic (exact) mass is 794 g/mol. The van der Waals surface area contributed by atoms with Crippen LogP contribution < -0.4 is 54.4 Å². The van der Waals surface area contributed by atoms with Crippen LogP contribution in [0.1, 0.15) is 12.8 Å². The minimum absolute atomic E-state index is 0.132. The van der Waals surface area contributed by atoms with Gasteiger partial charge in [0.25, 0.3) is 0 Å². The van der Waals surface area contributed by atoms with Crippen LogP contribution in [0.15, 0.2) is 182 Å². The summed E-state index contributed by atoms with van der Waals surface area (Å²) >= 11 is 0. The normalized spacial score (nSPS) is 11.1. The number of amides is 2. The van der Waals surface area contributed by atoms with Crippen molar-refractivity contribution in [3.8, 4) is 0 Å². The molecule has 0 heterocycles. The molecule has 2 amide bonds. The molecule has 6 aromatic rings. The van der Waals surface area contributed by atoms with Crippen molar-refractivity contribution in [2.24, 2.45) is 11.7 Å². The predicted molar refractivity (Wildman–Crippen MR) is 224 cm³/mol. The number of benzene rings is 6. The van der Waals surface area contributed by atoms with E-state index in [1.54, 1.807) is 0 Å². The minimum Gasteiger partial charge on any atom is -0.759 e. The third-order valence-electron chi connectivity index (χ3n) is 8.85. The van der Waals surface area contributed by atoms with Crippen LogP contribution in [0.4, 0.5) is 0 Å². The molecule has 13 heteroatoms. The van der Waals surface area contributed by atoms with Gasteiger partial charge in [-0.25, -0.2) is 11.7 Å². The molecule has 0 radical (unpaired) electrons. The van der Waals surface area contributed by atoms with Crippen molar-refractivity contribution in [2.75, 3.05) is 12.3 Å². The molecule has 0 aromatic heterocycles. The number of nitrogens with two attached hydrogens (primary N) is 2. The Labute approximate surface area is 324 Å². The highest BCUT2D eigenvalue weighted by Crippen LogP contribution is 2.56. The highest BCUT2D eigenvalue weighted by atomic mass is 32.3. The highest BCUT2D eigenvalue weighted by molar-refractivity contribution is 7.96. The van der Waals surface area contributed by atoms with Crippen LogP contribution in [0.2, 0.25) is 0 Å². The molecular formula is C42H44N4O6P2S. The summed E-state index contributed by atoms with van der Waals surface area (Å²) in [6.45, 7) is 0. The van der Waals surface area contributed by atoms with Gasteiger partial charge in [-0.05, 0) is 72.8 Å². The van der Waals surface area contributed by atoms with E-state index in [1.165, 1.54) is 31.8 Å². The number of nitrogens with one attached hydrogen (secondary N) is 2. The van der Waals surface area contributed by atoms with E-state index in [0.717, 1.165) is 12.3 Å². The summed E-state index contributed by atoms with van der Waals surface area (Å²) in [5.41, 5.74) is 4.54. The molecule has 0 unspecified atom stereocenters. The summed E-state index contributed by atoms with van der Waals surface area (Å²) in [7, 11) is -9.04. The Bertz CT molecular complexity index is 1810. The summed E-state index contributed by atoms with van der Waals surface area (Å²) in [5, 5.41) is 7.65. The first-order valence-electron chi connectivity index (χ1n) is 17.3. The van der Waals surface area contributed by atoms with E-state index < -0.39 is 24.9 Å². The third-order valence-corrected chi connectivity index (χ3v) is 17.7. The quantitative estimate of drug-likeness (QED) is 0.0362. The standard InChI is InChI=1S/2C21H21N2OP.H2O4S/c2*22-23-21(24)16-17-25(18-10-4-1-5-11-18,19-12-6-2-7-13-19)20-14-8-3-9-15-20;1-5(2,3)4/h2*1-15H,16-17,22H2;(H2,1,2,3,4). The van der Waals surface area contributed by atoms with Gasteiger partial charge in [-0.1, -0.05) is 109 Å². The Balaban J connectivity index is 0.000000218. The molecule has 0 spiro atoms. The third kappa shape index (κ3) is 11.9. The van der Waals surface area contributed by atoms with Crippen LogP contribution in [0.3, 0.4) is 0 Å². The van der Waals surface area contributed by atoms with Gasteiger partial charge >= 0.3 is 0 Å². The van der Waals surface area contributed by atoms with Gasteiger partial charge in [0.2, 0.25) is 11.8 Å². The van der Waals surface area contributed by atoms with Crippen LogP contribution in [0, 0.1) is 0 Å². The zero-order valence-electron chi connectivity index (χ0n) is 30.1. The second-order valence-corrected chi connectivity index (χ2v) is 20.2. The lowest BCUT2D eigenvalue weighted by atomic mass is 10.3. The average molecular weight is 795 g/mol. The molecule has 55 heavy (non-hydrogen) atoms. The van der Waals surface area contributed by atoms with E-state index >= 15 is 0 Å². The number of carbonyl (C=O) groups is 2. The van der Waals surface area contributed by atoms with Crippen LogP contribution in [0.5, 0.6) is 0 Å². The molecule has 0 fully saturated rings. The van der Waals surface area contributed by atoms with Gasteiger partial charge in [-0.15, -0.1) is 0 Å². The van der Waals surface area contributed by atoms with Gasteiger partial charge in [-0.2, -0.15) is 0 Å². The lowest BCUT2D eigenvalue weighted by molar-refractivity contribution is -0.121. The number of hydrogen-bond acceptors (Lipinski definition) is 8. The van der Waals surface area contributed by atoms with E-state index in [9.17, 15) is 9.59 Å². The van der Waals surface area contributed by atoms with Crippen molar-refractivity contribution >= 4 is 68.6 Å². The van der Waals surface area contributed by atoms with Crippen molar-refractivity contribution in [3.63, 3.8) is 0 Å². The number of carbonyl (C=O) groups excluding carboxylic acids is 2. The molecule has 0 saturated heterocycles. The molecule has 0 bridgehead atoms. The molecule has 6 N–H and O–H groups in total. The van der Waals surface area contributed by atoms with Crippen molar-refractivity contribution in [2.45, 2.75) is 12.8 Å². The fourth-order valence-corrected chi connectivity index (χ4v) is 14.9. The van der Waals surface area contributed by atoms with Crippen LogP contribution in [-0.2, 0) is 20.0 Å². The first-order valence-corrected chi connectivity index (χ1v) is 22.6. The first-order chi connectivity index (χ1) is 26.5. The second kappa shape index (κ2) is 21.1. The van der Waals surface area contributed by atoms with E-state index in [1.807, 2.05) is 36.4 Å². The van der Waals surface area contributed by atoms with Crippen LogP contribution >= 0.6 is 14.5 Å². The largest absolute Gasteiger partial charge is 0.759 e. The second-order valence-electron chi connectivity index (χ2n) is 12.1. The van der Waals surface area contributed by atoms with Crippen molar-refractivity contribution in [1.82, 2.24) is 10.9 Å². The molecule has 0 aliphatic rings. The first kappa shape index (κ1) is 42.6. The summed E-state index contributed by atoms with van der Waals surface area (Å²) in [6, 6.07) is 63.1. The van der Waals surface area contributed by atoms with Gasteiger partial charge in [0.15, 0.2) is 0 Å². The molecule has 0 aliphatic carbocycles. The number of hydrogen-bond donors (Lipinski definition) is 4. The summed E-state index contributed by atoms with van der Waals surface area (Å²) in [6.07, 6.45) is 2.27. The van der Waals surface area contributed by atoms with Gasteiger partial charge in [0.05, 0.1) is 25.2 Å². The van der Waals surface area contributed by atoms with E-state index in [2.05, 4.69) is 156 Å². The Morgan fingerprint density at radius 2 is 0.582 bits per heavy atom. The average Bonchev–Trinajstić information content (AvgIpc) is 3.23. The lowest BCUT2D eigenvalue weighted by Crippen LogP contribution is -2.36. The van der Waals surface area contributed by atoms with Gasteiger partial charge in [0, 0.05) is 10.4 Å². The highest BCUT2D eigenvalue weighted by Gasteiger charge is 2.46. The predicted octanol–water partition coefficient (Wildman–Crippen LogP) is 3.38. The maximum Gasteiger partial charge on any atom is 0.237 e. The van der Waals surface area contributed by atoms with Gasteiger partial charge in [0.1, 0.15) is 46.4 Å². The lowest BCUT2D eigenvalue weighted by Gasteiger charge is -2.27. The van der Waals surface area contributed by atoms with Gasteiger partial charge in [-0.3, -0.25) is 28.9 Å².